The van der Waals surface area contributed by atoms with Crippen LogP contribution in [0.2, 0.25) is 0 Å². The van der Waals surface area contributed by atoms with Crippen molar-refractivity contribution < 1.29 is 9.47 Å². The third-order valence-corrected chi connectivity index (χ3v) is 3.02. The second kappa shape index (κ2) is 5.41. The van der Waals surface area contributed by atoms with Crippen LogP contribution < -0.4 is 15.2 Å². The molecule has 3 nitrogen and oxygen atoms in total. The molecule has 90 valence electrons. The van der Waals surface area contributed by atoms with E-state index in [9.17, 15) is 0 Å². The van der Waals surface area contributed by atoms with Crippen LogP contribution in [0.15, 0.2) is 12.1 Å². The van der Waals surface area contributed by atoms with Crippen LogP contribution >= 0.6 is 12.4 Å². The van der Waals surface area contributed by atoms with Gasteiger partial charge in [0, 0.05) is 17.2 Å². The third-order valence-electron chi connectivity index (χ3n) is 3.02. The van der Waals surface area contributed by atoms with Gasteiger partial charge < -0.3 is 15.2 Å². The minimum Gasteiger partial charge on any atom is -0.496 e. The Hall–Kier alpha value is -0.930. The van der Waals surface area contributed by atoms with Gasteiger partial charge in [0.2, 0.25) is 0 Å². The van der Waals surface area contributed by atoms with E-state index in [2.05, 4.69) is 0 Å². The van der Waals surface area contributed by atoms with Crippen molar-refractivity contribution in [1.29, 1.82) is 0 Å². The summed E-state index contributed by atoms with van der Waals surface area (Å²) in [6.45, 7) is 0. The molecule has 0 saturated carbocycles. The number of hydrogen-bond acceptors (Lipinski definition) is 3. The first-order valence-corrected chi connectivity index (χ1v) is 5.24. The first kappa shape index (κ1) is 13.1. The van der Waals surface area contributed by atoms with Gasteiger partial charge in [0.1, 0.15) is 11.5 Å². The van der Waals surface area contributed by atoms with Gasteiger partial charge in [0.25, 0.3) is 0 Å². The van der Waals surface area contributed by atoms with Crippen LogP contribution in [-0.2, 0) is 12.8 Å². The van der Waals surface area contributed by atoms with Crippen LogP contribution in [0.25, 0.3) is 0 Å². The molecule has 1 aliphatic carbocycles. The van der Waals surface area contributed by atoms with Gasteiger partial charge >= 0.3 is 0 Å². The summed E-state index contributed by atoms with van der Waals surface area (Å²) >= 11 is 0. The van der Waals surface area contributed by atoms with E-state index in [0.29, 0.717) is 0 Å². The van der Waals surface area contributed by atoms with Gasteiger partial charge in [-0.25, -0.2) is 0 Å². The lowest BCUT2D eigenvalue weighted by molar-refractivity contribution is 0.385. The molecule has 2 N–H and O–H groups in total. The number of hydrogen-bond donors (Lipinski definition) is 1. The Morgan fingerprint density at radius 2 is 1.69 bits per heavy atom. The van der Waals surface area contributed by atoms with Gasteiger partial charge in [-0.3, -0.25) is 0 Å². The summed E-state index contributed by atoms with van der Waals surface area (Å²) in [5.74, 6) is 1.89. The van der Waals surface area contributed by atoms with E-state index in [1.165, 1.54) is 11.1 Å². The predicted octanol–water partition coefficient (Wildman–Crippen LogP) is 1.94. The maximum absolute atomic E-state index is 5.97. The van der Waals surface area contributed by atoms with Crippen LogP contribution in [0.3, 0.4) is 0 Å². The van der Waals surface area contributed by atoms with E-state index in [1.54, 1.807) is 14.2 Å². The summed E-state index contributed by atoms with van der Waals surface area (Å²) in [5, 5.41) is 0. The van der Waals surface area contributed by atoms with E-state index in [0.717, 1.165) is 30.8 Å². The monoisotopic (exact) mass is 243 g/mol. The Morgan fingerprint density at radius 1 is 1.12 bits per heavy atom. The molecule has 0 aromatic heterocycles. The Labute approximate surface area is 102 Å². The molecule has 2 rings (SSSR count). The third kappa shape index (κ3) is 2.25. The molecule has 16 heavy (non-hydrogen) atoms. The normalized spacial score (nSPS) is 18.3. The lowest BCUT2D eigenvalue weighted by Gasteiger charge is -2.25. The SMILES string of the molecule is COc1ccc(OC)c2c1CC[C@H](N)C2.Cl. The standard InChI is InChI=1S/C12H17NO2.ClH/c1-14-11-5-6-12(15-2)10-7-8(13)3-4-9(10)11;/h5-6,8H,3-4,7,13H2,1-2H3;1H/t8-;/m0./s1. The molecule has 0 radical (unpaired) electrons. The molecule has 1 atom stereocenters. The van der Waals surface area contributed by atoms with Crippen LogP contribution in [-0.4, -0.2) is 20.3 Å². The molecule has 0 unspecified atom stereocenters. The highest BCUT2D eigenvalue weighted by atomic mass is 35.5. The Bertz CT molecular complexity index is 368. The Morgan fingerprint density at radius 3 is 2.25 bits per heavy atom. The van der Waals surface area contributed by atoms with Crippen molar-refractivity contribution >= 4 is 12.4 Å². The zero-order valence-electron chi connectivity index (χ0n) is 9.66. The fourth-order valence-electron chi connectivity index (χ4n) is 2.22. The molecule has 0 fully saturated rings. The Balaban J connectivity index is 0.00000128. The van der Waals surface area contributed by atoms with Crippen molar-refractivity contribution in [3.8, 4) is 11.5 Å². The van der Waals surface area contributed by atoms with Crippen LogP contribution in [0.1, 0.15) is 17.5 Å². The lowest BCUT2D eigenvalue weighted by atomic mass is 9.87. The van der Waals surface area contributed by atoms with Gasteiger partial charge in [-0.1, -0.05) is 0 Å². The van der Waals surface area contributed by atoms with Gasteiger partial charge in [0.05, 0.1) is 14.2 Å². The predicted molar refractivity (Wildman–Crippen MR) is 66.8 cm³/mol. The van der Waals surface area contributed by atoms with Crippen molar-refractivity contribution in [3.63, 3.8) is 0 Å². The van der Waals surface area contributed by atoms with Crippen molar-refractivity contribution in [3.05, 3.63) is 23.3 Å². The quantitative estimate of drug-likeness (QED) is 0.864. The highest BCUT2D eigenvalue weighted by molar-refractivity contribution is 5.85. The minimum absolute atomic E-state index is 0. The Kier molecular flexibility index (Phi) is 4.44. The number of ether oxygens (including phenoxy) is 2. The molecule has 1 aromatic carbocycles. The number of halogens is 1. The lowest BCUT2D eigenvalue weighted by Crippen LogP contribution is -2.28. The number of nitrogens with two attached hydrogens (primary N) is 1. The van der Waals surface area contributed by atoms with Gasteiger partial charge in [0.15, 0.2) is 0 Å². The highest BCUT2D eigenvalue weighted by Crippen LogP contribution is 2.35. The average molecular weight is 244 g/mol. The summed E-state index contributed by atoms with van der Waals surface area (Å²) in [4.78, 5) is 0. The van der Waals surface area contributed by atoms with Crippen molar-refractivity contribution in [2.45, 2.75) is 25.3 Å². The summed E-state index contributed by atoms with van der Waals surface area (Å²) < 4.78 is 10.7. The number of rotatable bonds is 2. The zero-order chi connectivity index (χ0) is 10.8. The molecule has 0 saturated heterocycles. The average Bonchev–Trinajstić information content (AvgIpc) is 2.27. The molecule has 4 heteroatoms. The second-order valence-corrected chi connectivity index (χ2v) is 3.93. The molecule has 1 aromatic rings. The first-order valence-electron chi connectivity index (χ1n) is 5.24. The number of fused-ring (bicyclic) bond motifs is 1. The van der Waals surface area contributed by atoms with Crippen LogP contribution in [0, 0.1) is 0 Å². The molecule has 1 aliphatic rings. The number of methoxy groups -OCH3 is 2. The molecular formula is C12H18ClNO2. The van der Waals surface area contributed by atoms with Crippen molar-refractivity contribution in [1.82, 2.24) is 0 Å². The molecule has 0 spiro atoms. The highest BCUT2D eigenvalue weighted by Gasteiger charge is 2.22. The summed E-state index contributed by atoms with van der Waals surface area (Å²) in [7, 11) is 3.40. The molecule has 0 bridgehead atoms. The van der Waals surface area contributed by atoms with Gasteiger partial charge in [-0.15, -0.1) is 12.4 Å². The second-order valence-electron chi connectivity index (χ2n) is 3.93. The van der Waals surface area contributed by atoms with E-state index in [4.69, 9.17) is 15.2 Å². The van der Waals surface area contributed by atoms with E-state index < -0.39 is 0 Å². The molecular weight excluding hydrogens is 226 g/mol. The fraction of sp³-hybridized carbons (Fsp3) is 0.500. The van der Waals surface area contributed by atoms with E-state index >= 15 is 0 Å². The molecule has 0 aliphatic heterocycles. The van der Waals surface area contributed by atoms with Gasteiger partial charge in [-0.05, 0) is 31.4 Å². The summed E-state index contributed by atoms with van der Waals surface area (Å²) in [6.07, 6.45) is 2.89. The maximum atomic E-state index is 5.97. The maximum Gasteiger partial charge on any atom is 0.122 e. The summed E-state index contributed by atoms with van der Waals surface area (Å²) in [6, 6.07) is 4.17. The van der Waals surface area contributed by atoms with Crippen LogP contribution in [0.5, 0.6) is 11.5 Å². The smallest absolute Gasteiger partial charge is 0.122 e. The summed E-state index contributed by atoms with van der Waals surface area (Å²) in [5.41, 5.74) is 8.45. The largest absolute Gasteiger partial charge is 0.496 e. The molecule has 0 heterocycles. The topological polar surface area (TPSA) is 44.5 Å². The van der Waals surface area contributed by atoms with Crippen LogP contribution in [0.4, 0.5) is 0 Å². The molecule has 0 amide bonds. The van der Waals surface area contributed by atoms with Crippen molar-refractivity contribution in [2.24, 2.45) is 5.73 Å². The van der Waals surface area contributed by atoms with Crippen molar-refractivity contribution in [2.75, 3.05) is 14.2 Å². The fourth-order valence-corrected chi connectivity index (χ4v) is 2.22. The van der Waals surface area contributed by atoms with E-state index in [1.807, 2.05) is 12.1 Å². The minimum atomic E-state index is 0. The van der Waals surface area contributed by atoms with E-state index in [-0.39, 0.29) is 18.4 Å². The zero-order valence-corrected chi connectivity index (χ0v) is 10.5. The number of benzene rings is 1. The first-order chi connectivity index (χ1) is 7.26. The van der Waals surface area contributed by atoms with Gasteiger partial charge in [-0.2, -0.15) is 0 Å².